The van der Waals surface area contributed by atoms with E-state index < -0.39 is 5.97 Å². The molecule has 5 nitrogen and oxygen atoms in total. The van der Waals surface area contributed by atoms with Crippen LogP contribution >= 0.6 is 11.3 Å². The van der Waals surface area contributed by atoms with Crippen molar-refractivity contribution in [2.45, 2.75) is 19.4 Å². The summed E-state index contributed by atoms with van der Waals surface area (Å²) in [5, 5.41) is 11.7. The number of rotatable bonds is 5. The summed E-state index contributed by atoms with van der Waals surface area (Å²) in [7, 11) is 2.14. The number of aryl methyl sites for hydroxylation is 1. The molecule has 2 rings (SSSR count). The van der Waals surface area contributed by atoms with Crippen LogP contribution in [0.5, 0.6) is 0 Å². The zero-order valence-electron chi connectivity index (χ0n) is 10.6. The number of carboxylic acids is 1. The highest BCUT2D eigenvalue weighted by Gasteiger charge is 2.15. The number of hydrogen-bond donors (Lipinski definition) is 1. The minimum Gasteiger partial charge on any atom is -0.481 e. The lowest BCUT2D eigenvalue weighted by atomic mass is 10.2. The van der Waals surface area contributed by atoms with Gasteiger partial charge in [0.15, 0.2) is 0 Å². The third-order valence-corrected chi connectivity index (χ3v) is 4.03. The summed E-state index contributed by atoms with van der Waals surface area (Å²) < 4.78 is 0. The SMILES string of the molecule is CN1CCN(Cc2nc(CCC(=O)O)cs2)CC1. The Kier molecular flexibility index (Phi) is 4.68. The van der Waals surface area contributed by atoms with E-state index in [0.29, 0.717) is 6.42 Å². The van der Waals surface area contributed by atoms with E-state index in [1.165, 1.54) is 0 Å². The molecule has 1 saturated heterocycles. The fourth-order valence-corrected chi connectivity index (χ4v) is 2.84. The molecule has 0 atom stereocenters. The van der Waals surface area contributed by atoms with Crippen LogP contribution in [0.1, 0.15) is 17.1 Å². The van der Waals surface area contributed by atoms with Crippen molar-refractivity contribution in [2.24, 2.45) is 0 Å². The third-order valence-electron chi connectivity index (χ3n) is 3.15. The van der Waals surface area contributed by atoms with Crippen molar-refractivity contribution >= 4 is 17.3 Å². The standard InChI is InChI=1S/C12H19N3O2S/c1-14-4-6-15(7-5-14)8-11-13-10(9-18-11)2-3-12(16)17/h9H,2-8H2,1H3,(H,16,17). The van der Waals surface area contributed by atoms with Crippen LogP contribution in [0.25, 0.3) is 0 Å². The van der Waals surface area contributed by atoms with E-state index in [-0.39, 0.29) is 6.42 Å². The average molecular weight is 269 g/mol. The minimum atomic E-state index is -0.761. The predicted molar refractivity (Wildman–Crippen MR) is 70.8 cm³/mol. The van der Waals surface area contributed by atoms with Crippen LogP contribution in [-0.4, -0.2) is 59.1 Å². The fraction of sp³-hybridized carbons (Fsp3) is 0.667. The molecule has 0 radical (unpaired) electrons. The summed E-state index contributed by atoms with van der Waals surface area (Å²) in [6.07, 6.45) is 0.701. The number of nitrogens with zero attached hydrogens (tertiary/aromatic N) is 3. The number of thiazole rings is 1. The average Bonchev–Trinajstić information content (AvgIpc) is 2.77. The van der Waals surface area contributed by atoms with Crippen LogP contribution in [0, 0.1) is 0 Å². The molecule has 1 fully saturated rings. The second kappa shape index (κ2) is 6.26. The molecule has 6 heteroatoms. The van der Waals surface area contributed by atoms with Crippen molar-refractivity contribution < 1.29 is 9.90 Å². The maximum Gasteiger partial charge on any atom is 0.303 e. The van der Waals surface area contributed by atoms with Gasteiger partial charge in [0, 0.05) is 38.0 Å². The summed E-state index contributed by atoms with van der Waals surface area (Å²) in [6, 6.07) is 0. The van der Waals surface area contributed by atoms with Crippen LogP contribution in [0.15, 0.2) is 5.38 Å². The third kappa shape index (κ3) is 4.04. The number of carboxylic acid groups (broad SMARTS) is 1. The largest absolute Gasteiger partial charge is 0.481 e. The lowest BCUT2D eigenvalue weighted by Gasteiger charge is -2.31. The van der Waals surface area contributed by atoms with Gasteiger partial charge in [-0.15, -0.1) is 11.3 Å². The Morgan fingerprint density at radius 3 is 2.83 bits per heavy atom. The Morgan fingerprint density at radius 1 is 1.44 bits per heavy atom. The number of carbonyl (C=O) groups is 1. The van der Waals surface area contributed by atoms with Crippen LogP contribution in [0.4, 0.5) is 0 Å². The first-order valence-corrected chi connectivity index (χ1v) is 7.07. The van der Waals surface area contributed by atoms with Crippen LogP contribution < -0.4 is 0 Å². The second-order valence-electron chi connectivity index (χ2n) is 4.71. The molecule has 1 aromatic heterocycles. The van der Waals surface area contributed by atoms with Crippen molar-refractivity contribution in [1.29, 1.82) is 0 Å². The second-order valence-corrected chi connectivity index (χ2v) is 5.65. The van der Waals surface area contributed by atoms with E-state index in [1.54, 1.807) is 11.3 Å². The molecule has 2 heterocycles. The van der Waals surface area contributed by atoms with Crippen LogP contribution in [0.2, 0.25) is 0 Å². The number of piperazine rings is 1. The number of likely N-dealkylation sites (N-methyl/N-ethyl adjacent to an activating group) is 1. The first-order valence-electron chi connectivity index (χ1n) is 6.19. The molecule has 0 bridgehead atoms. The molecule has 1 aromatic rings. The Morgan fingerprint density at radius 2 is 2.17 bits per heavy atom. The van der Waals surface area contributed by atoms with Gasteiger partial charge in [-0.3, -0.25) is 9.69 Å². The van der Waals surface area contributed by atoms with Crippen molar-refractivity contribution in [1.82, 2.24) is 14.8 Å². The maximum atomic E-state index is 10.5. The van der Waals surface area contributed by atoms with E-state index in [2.05, 4.69) is 21.8 Å². The first-order chi connectivity index (χ1) is 8.63. The number of aliphatic carboxylic acids is 1. The molecule has 1 aliphatic heterocycles. The summed E-state index contributed by atoms with van der Waals surface area (Å²) in [4.78, 5) is 19.7. The van der Waals surface area contributed by atoms with Crippen molar-refractivity contribution in [3.63, 3.8) is 0 Å². The Hall–Kier alpha value is -0.980. The quantitative estimate of drug-likeness (QED) is 0.861. The summed E-state index contributed by atoms with van der Waals surface area (Å²) in [5.74, 6) is -0.761. The highest BCUT2D eigenvalue weighted by atomic mass is 32.1. The maximum absolute atomic E-state index is 10.5. The van der Waals surface area contributed by atoms with E-state index >= 15 is 0 Å². The molecule has 18 heavy (non-hydrogen) atoms. The van der Waals surface area contributed by atoms with Gasteiger partial charge in [0.1, 0.15) is 5.01 Å². The van der Waals surface area contributed by atoms with Gasteiger partial charge >= 0.3 is 5.97 Å². The molecule has 0 unspecified atom stereocenters. The highest BCUT2D eigenvalue weighted by Crippen LogP contribution is 2.14. The molecule has 0 saturated carbocycles. The van der Waals surface area contributed by atoms with Gasteiger partial charge in [0.2, 0.25) is 0 Å². The zero-order valence-corrected chi connectivity index (χ0v) is 11.4. The molecule has 0 aromatic carbocycles. The van der Waals surface area contributed by atoms with Gasteiger partial charge in [0.05, 0.1) is 18.7 Å². The van der Waals surface area contributed by atoms with Gasteiger partial charge in [-0.1, -0.05) is 0 Å². The summed E-state index contributed by atoms with van der Waals surface area (Å²) in [5.41, 5.74) is 0.909. The van der Waals surface area contributed by atoms with Crippen molar-refractivity contribution in [2.75, 3.05) is 33.2 Å². The smallest absolute Gasteiger partial charge is 0.303 e. The molecule has 100 valence electrons. The highest BCUT2D eigenvalue weighted by molar-refractivity contribution is 7.09. The molecule has 0 aliphatic carbocycles. The zero-order chi connectivity index (χ0) is 13.0. The van der Waals surface area contributed by atoms with E-state index in [9.17, 15) is 4.79 Å². The van der Waals surface area contributed by atoms with E-state index in [1.807, 2.05) is 5.38 Å². The van der Waals surface area contributed by atoms with Crippen LogP contribution in [-0.2, 0) is 17.8 Å². The van der Waals surface area contributed by atoms with Crippen molar-refractivity contribution in [3.05, 3.63) is 16.1 Å². The van der Waals surface area contributed by atoms with E-state index in [4.69, 9.17) is 5.11 Å². The Balaban J connectivity index is 1.81. The van der Waals surface area contributed by atoms with Gasteiger partial charge in [-0.2, -0.15) is 0 Å². The molecule has 1 N–H and O–H groups in total. The molecule has 1 aliphatic rings. The Labute approximate surface area is 111 Å². The van der Waals surface area contributed by atoms with Gasteiger partial charge < -0.3 is 10.0 Å². The minimum absolute atomic E-state index is 0.164. The fourth-order valence-electron chi connectivity index (χ4n) is 1.97. The van der Waals surface area contributed by atoms with Crippen LogP contribution in [0.3, 0.4) is 0 Å². The van der Waals surface area contributed by atoms with Gasteiger partial charge in [0.25, 0.3) is 0 Å². The molecule has 0 amide bonds. The number of aromatic nitrogens is 1. The normalized spacial score (nSPS) is 18.1. The lowest BCUT2D eigenvalue weighted by molar-refractivity contribution is -0.136. The topological polar surface area (TPSA) is 56.7 Å². The van der Waals surface area contributed by atoms with Crippen molar-refractivity contribution in [3.8, 4) is 0 Å². The Bertz CT molecular complexity index is 400. The molecular weight excluding hydrogens is 250 g/mol. The first kappa shape index (κ1) is 13.5. The van der Waals surface area contributed by atoms with E-state index in [0.717, 1.165) is 43.4 Å². The lowest BCUT2D eigenvalue weighted by Crippen LogP contribution is -2.43. The van der Waals surface area contributed by atoms with Gasteiger partial charge in [-0.05, 0) is 7.05 Å². The summed E-state index contributed by atoms with van der Waals surface area (Å²) >= 11 is 1.64. The molecule has 0 spiro atoms. The molecular formula is C12H19N3O2S. The summed E-state index contributed by atoms with van der Waals surface area (Å²) in [6.45, 7) is 5.28. The van der Waals surface area contributed by atoms with Gasteiger partial charge in [-0.25, -0.2) is 4.98 Å². The number of hydrogen-bond acceptors (Lipinski definition) is 5. The predicted octanol–water partition coefficient (Wildman–Crippen LogP) is 0.908. The monoisotopic (exact) mass is 269 g/mol.